The molecule has 1 aromatic heterocycles. The minimum absolute atomic E-state index is 0.00391. The molecule has 0 saturated carbocycles. The molecule has 1 aliphatic heterocycles. The molecule has 0 bridgehead atoms. The van der Waals surface area contributed by atoms with Gasteiger partial charge in [-0.15, -0.1) is 11.8 Å². The third kappa shape index (κ3) is 4.65. The van der Waals surface area contributed by atoms with Crippen LogP contribution in [0.4, 0.5) is 13.2 Å². The fourth-order valence-corrected chi connectivity index (χ4v) is 6.65. The van der Waals surface area contributed by atoms with Crippen molar-refractivity contribution in [3.8, 4) is 16.9 Å². The maximum Gasteiger partial charge on any atom is 0.260 e. The van der Waals surface area contributed by atoms with Crippen LogP contribution in [0, 0.1) is 36.2 Å². The standard InChI is InChI=1S/C30H25F3N2O3S/c1-16-7-4-8-18(13-16)28(34-37)24-15-39-30-20(14-21-22(31)10-6-11-23(21)32)17(2)26(29(36)35(24)30)19-9-5-12-25(38-3)27(19)33/h4-13,24,28H,14-15H2,1-3H3. The molecular formula is C30H25F3N2O3S. The lowest BCUT2D eigenvalue weighted by molar-refractivity contribution is 0.387. The highest BCUT2D eigenvalue weighted by molar-refractivity contribution is 7.99. The fraction of sp³-hybridized carbons (Fsp3) is 0.233. The number of thioether (sulfide) groups is 1. The molecule has 0 fully saturated rings. The Balaban J connectivity index is 1.79. The number of hydrogen-bond acceptors (Lipinski definition) is 5. The van der Waals surface area contributed by atoms with Gasteiger partial charge in [0.05, 0.1) is 23.7 Å². The first-order valence-corrected chi connectivity index (χ1v) is 13.3. The molecule has 0 aliphatic carbocycles. The van der Waals surface area contributed by atoms with E-state index in [1.807, 2.05) is 25.1 Å². The average Bonchev–Trinajstić information content (AvgIpc) is 3.34. The second kappa shape index (κ2) is 10.7. The van der Waals surface area contributed by atoms with E-state index in [1.54, 1.807) is 19.1 Å². The molecule has 39 heavy (non-hydrogen) atoms. The SMILES string of the molecule is COc1cccc(-c2c(C)c(Cc3c(F)cccc3F)c3n(c2=O)C(C(N=O)c2cccc(C)c2)CS3)c1F. The summed E-state index contributed by atoms with van der Waals surface area (Å²) in [6, 6.07) is 13.8. The molecule has 4 aromatic rings. The van der Waals surface area contributed by atoms with Crippen LogP contribution in [0.15, 0.2) is 75.7 Å². The van der Waals surface area contributed by atoms with Gasteiger partial charge in [-0.2, -0.15) is 4.91 Å². The smallest absolute Gasteiger partial charge is 0.260 e. The molecule has 9 heteroatoms. The lowest BCUT2D eigenvalue weighted by Crippen LogP contribution is -2.30. The maximum atomic E-state index is 15.5. The van der Waals surface area contributed by atoms with Gasteiger partial charge in [0.15, 0.2) is 11.6 Å². The van der Waals surface area contributed by atoms with Crippen molar-refractivity contribution in [3.05, 3.63) is 121 Å². The normalized spacial score (nSPS) is 15.2. The Morgan fingerprint density at radius 3 is 2.38 bits per heavy atom. The number of fused-ring (bicyclic) bond motifs is 1. The molecule has 0 saturated heterocycles. The van der Waals surface area contributed by atoms with Gasteiger partial charge in [-0.3, -0.25) is 9.36 Å². The summed E-state index contributed by atoms with van der Waals surface area (Å²) in [6.07, 6.45) is -0.165. The van der Waals surface area contributed by atoms with E-state index in [2.05, 4.69) is 5.18 Å². The average molecular weight is 551 g/mol. The van der Waals surface area contributed by atoms with E-state index in [0.29, 0.717) is 27.5 Å². The topological polar surface area (TPSA) is 60.7 Å². The summed E-state index contributed by atoms with van der Waals surface area (Å²) in [5, 5.41) is 3.88. The monoisotopic (exact) mass is 550 g/mol. The molecule has 200 valence electrons. The highest BCUT2D eigenvalue weighted by Gasteiger charge is 2.37. The number of ether oxygens (including phenoxy) is 1. The van der Waals surface area contributed by atoms with E-state index in [9.17, 15) is 18.5 Å². The van der Waals surface area contributed by atoms with Gasteiger partial charge in [0.2, 0.25) is 0 Å². The predicted molar refractivity (Wildman–Crippen MR) is 146 cm³/mol. The van der Waals surface area contributed by atoms with Crippen LogP contribution in [-0.2, 0) is 6.42 Å². The Labute approximate surface area is 227 Å². The molecule has 1 aliphatic rings. The van der Waals surface area contributed by atoms with E-state index < -0.39 is 35.1 Å². The van der Waals surface area contributed by atoms with Crippen LogP contribution >= 0.6 is 11.8 Å². The summed E-state index contributed by atoms with van der Waals surface area (Å²) in [6.45, 7) is 3.54. The number of methoxy groups -OCH3 is 1. The molecule has 2 unspecified atom stereocenters. The number of nitroso groups, excluding NO2 is 1. The van der Waals surface area contributed by atoms with Gasteiger partial charge < -0.3 is 4.74 Å². The molecule has 2 heterocycles. The molecule has 5 rings (SSSR count). The van der Waals surface area contributed by atoms with Crippen LogP contribution in [0.3, 0.4) is 0 Å². The number of aryl methyl sites for hydroxylation is 1. The molecule has 0 radical (unpaired) electrons. The highest BCUT2D eigenvalue weighted by Crippen LogP contribution is 2.45. The van der Waals surface area contributed by atoms with Crippen LogP contribution in [0.2, 0.25) is 0 Å². The zero-order valence-electron chi connectivity index (χ0n) is 21.5. The second-order valence-electron chi connectivity index (χ2n) is 9.50. The summed E-state index contributed by atoms with van der Waals surface area (Å²) < 4.78 is 51.6. The van der Waals surface area contributed by atoms with Gasteiger partial charge in [-0.25, -0.2) is 13.2 Å². The van der Waals surface area contributed by atoms with Crippen molar-refractivity contribution in [3.63, 3.8) is 0 Å². The summed E-state index contributed by atoms with van der Waals surface area (Å²) >= 11 is 1.32. The molecule has 5 nitrogen and oxygen atoms in total. The minimum Gasteiger partial charge on any atom is -0.494 e. The number of benzene rings is 3. The Kier molecular flexibility index (Phi) is 7.36. The number of hydrogen-bond donors (Lipinski definition) is 0. The van der Waals surface area contributed by atoms with Gasteiger partial charge in [-0.1, -0.05) is 53.2 Å². The van der Waals surface area contributed by atoms with Crippen LogP contribution in [-0.4, -0.2) is 17.4 Å². The van der Waals surface area contributed by atoms with Gasteiger partial charge in [0.25, 0.3) is 5.56 Å². The number of halogens is 3. The Hall–Kier alpha value is -3.85. The summed E-state index contributed by atoms with van der Waals surface area (Å²) in [5.41, 5.74) is 1.84. The van der Waals surface area contributed by atoms with Crippen molar-refractivity contribution in [1.82, 2.24) is 4.57 Å². The van der Waals surface area contributed by atoms with Crippen molar-refractivity contribution >= 4 is 11.8 Å². The van der Waals surface area contributed by atoms with E-state index in [4.69, 9.17) is 4.74 Å². The van der Waals surface area contributed by atoms with Crippen molar-refractivity contribution in [2.24, 2.45) is 5.18 Å². The van der Waals surface area contributed by atoms with Crippen molar-refractivity contribution in [2.45, 2.75) is 37.4 Å². The lowest BCUT2D eigenvalue weighted by atomic mass is 9.93. The van der Waals surface area contributed by atoms with Crippen LogP contribution in [0.1, 0.15) is 39.9 Å². The first kappa shape index (κ1) is 26.7. The molecule has 0 N–H and O–H groups in total. The summed E-state index contributed by atoms with van der Waals surface area (Å²) in [5.74, 6) is -1.89. The van der Waals surface area contributed by atoms with Crippen molar-refractivity contribution in [2.75, 3.05) is 12.9 Å². The summed E-state index contributed by atoms with van der Waals surface area (Å²) in [7, 11) is 1.33. The number of rotatable bonds is 7. The third-order valence-corrected chi connectivity index (χ3v) is 8.41. The number of nitrogens with zero attached hydrogens (tertiary/aromatic N) is 2. The Bertz CT molecular complexity index is 1630. The summed E-state index contributed by atoms with van der Waals surface area (Å²) in [4.78, 5) is 26.4. The van der Waals surface area contributed by atoms with Gasteiger partial charge in [-0.05, 0) is 48.7 Å². The molecule has 3 aromatic carbocycles. The van der Waals surface area contributed by atoms with Gasteiger partial charge in [0.1, 0.15) is 17.7 Å². The lowest BCUT2D eigenvalue weighted by Gasteiger charge is -2.23. The van der Waals surface area contributed by atoms with E-state index in [0.717, 1.165) is 5.56 Å². The second-order valence-corrected chi connectivity index (χ2v) is 10.5. The van der Waals surface area contributed by atoms with E-state index in [-0.39, 0.29) is 28.9 Å². The number of aromatic nitrogens is 1. The van der Waals surface area contributed by atoms with Crippen molar-refractivity contribution in [1.29, 1.82) is 0 Å². The predicted octanol–water partition coefficient (Wildman–Crippen LogP) is 7.30. The largest absolute Gasteiger partial charge is 0.494 e. The molecule has 0 spiro atoms. The zero-order valence-corrected chi connectivity index (χ0v) is 22.3. The van der Waals surface area contributed by atoms with E-state index >= 15 is 4.39 Å². The first-order valence-electron chi connectivity index (χ1n) is 12.3. The minimum atomic E-state index is -0.903. The van der Waals surface area contributed by atoms with E-state index in [1.165, 1.54) is 53.8 Å². The maximum absolute atomic E-state index is 15.5. The molecular weight excluding hydrogens is 525 g/mol. The quantitative estimate of drug-likeness (QED) is 0.227. The highest BCUT2D eigenvalue weighted by atomic mass is 32.2. The molecule has 0 amide bonds. The zero-order chi connectivity index (χ0) is 27.8. The van der Waals surface area contributed by atoms with Crippen LogP contribution in [0.25, 0.3) is 11.1 Å². The Morgan fingerprint density at radius 1 is 1.03 bits per heavy atom. The Morgan fingerprint density at radius 2 is 1.72 bits per heavy atom. The fourth-order valence-electron chi connectivity index (χ4n) is 5.23. The van der Waals surface area contributed by atoms with Crippen LogP contribution in [0.5, 0.6) is 5.75 Å². The third-order valence-electron chi connectivity index (χ3n) is 7.19. The van der Waals surface area contributed by atoms with Crippen molar-refractivity contribution < 1.29 is 17.9 Å². The van der Waals surface area contributed by atoms with Gasteiger partial charge >= 0.3 is 0 Å². The first-order chi connectivity index (χ1) is 18.8. The number of pyridine rings is 1. The van der Waals surface area contributed by atoms with Crippen LogP contribution < -0.4 is 10.3 Å². The molecule has 2 atom stereocenters. The van der Waals surface area contributed by atoms with Gasteiger partial charge in [0, 0.05) is 23.3 Å².